The lowest BCUT2D eigenvalue weighted by Crippen LogP contribution is -2.51. The number of esters is 1. The van der Waals surface area contributed by atoms with Crippen molar-refractivity contribution in [3.63, 3.8) is 0 Å². The van der Waals surface area contributed by atoms with Gasteiger partial charge >= 0.3 is 5.97 Å². The molecular weight excluding hydrogens is 488 g/mol. The van der Waals surface area contributed by atoms with Crippen LogP contribution in [0.5, 0.6) is 11.5 Å². The summed E-state index contributed by atoms with van der Waals surface area (Å²) in [5, 5.41) is -0.400. The van der Waals surface area contributed by atoms with Crippen LogP contribution in [0.25, 0.3) is 0 Å². The number of sulfone groups is 1. The van der Waals surface area contributed by atoms with Gasteiger partial charge in [-0.3, -0.25) is 4.79 Å². The van der Waals surface area contributed by atoms with E-state index < -0.39 is 26.5 Å². The molecule has 8 heteroatoms. The van der Waals surface area contributed by atoms with Crippen molar-refractivity contribution in [1.82, 2.24) is 0 Å². The number of hydrogen-bond donors (Lipinski definition) is 0. The summed E-state index contributed by atoms with van der Waals surface area (Å²) in [5.41, 5.74) is -0.437. The first-order valence-corrected chi connectivity index (χ1v) is 13.2. The zero-order valence-corrected chi connectivity index (χ0v) is 20.9. The Hall–Kier alpha value is -2.87. The van der Waals surface area contributed by atoms with Crippen LogP contribution in [0, 0.1) is 5.41 Å². The van der Waals surface area contributed by atoms with E-state index in [0.717, 1.165) is 5.56 Å². The van der Waals surface area contributed by atoms with Crippen molar-refractivity contribution in [2.45, 2.75) is 29.4 Å². The van der Waals surface area contributed by atoms with Gasteiger partial charge in [0.25, 0.3) is 0 Å². The summed E-state index contributed by atoms with van der Waals surface area (Å²) in [7, 11) is -2.58. The maximum Gasteiger partial charge on any atom is 0.313 e. The van der Waals surface area contributed by atoms with E-state index in [1.807, 2.05) is 12.1 Å². The second-order valence-corrected chi connectivity index (χ2v) is 11.1. The molecule has 1 heterocycles. The Morgan fingerprint density at radius 1 is 0.943 bits per heavy atom. The summed E-state index contributed by atoms with van der Waals surface area (Å²) >= 11 is 5.93. The summed E-state index contributed by atoms with van der Waals surface area (Å²) in [4.78, 5) is 13.3. The van der Waals surface area contributed by atoms with E-state index in [2.05, 4.69) is 0 Å². The molecule has 0 aromatic heterocycles. The number of methoxy groups -OCH3 is 1. The lowest BCUT2D eigenvalue weighted by molar-refractivity contribution is -0.158. The Morgan fingerprint density at radius 2 is 1.51 bits per heavy atom. The monoisotopic (exact) mass is 514 g/mol. The molecule has 0 saturated carbocycles. The van der Waals surface area contributed by atoms with Crippen LogP contribution in [0.2, 0.25) is 5.02 Å². The van der Waals surface area contributed by atoms with Gasteiger partial charge in [-0.2, -0.15) is 0 Å². The van der Waals surface area contributed by atoms with Crippen LogP contribution in [-0.4, -0.2) is 40.0 Å². The summed E-state index contributed by atoms with van der Waals surface area (Å²) in [5.74, 6) is 0.721. The zero-order valence-electron chi connectivity index (χ0n) is 19.4. The van der Waals surface area contributed by atoms with Crippen LogP contribution >= 0.6 is 11.6 Å². The van der Waals surface area contributed by atoms with Crippen molar-refractivity contribution in [2.75, 3.05) is 20.3 Å². The molecule has 0 N–H and O–H groups in total. The first-order chi connectivity index (χ1) is 16.8. The fourth-order valence-electron chi connectivity index (χ4n) is 4.52. The van der Waals surface area contributed by atoms with Crippen LogP contribution in [0.1, 0.15) is 18.4 Å². The largest absolute Gasteiger partial charge is 0.469 e. The van der Waals surface area contributed by atoms with Gasteiger partial charge in [0.05, 0.1) is 22.7 Å². The van der Waals surface area contributed by atoms with Crippen molar-refractivity contribution in [3.8, 4) is 11.5 Å². The Bertz CT molecular complexity index is 1240. The van der Waals surface area contributed by atoms with Crippen LogP contribution in [-0.2, 0) is 30.5 Å². The molecule has 0 spiro atoms. The molecule has 4 rings (SSSR count). The fraction of sp³-hybridized carbons (Fsp3) is 0.296. The van der Waals surface area contributed by atoms with Gasteiger partial charge < -0.3 is 14.2 Å². The van der Waals surface area contributed by atoms with Gasteiger partial charge in [-0.05, 0) is 73.4 Å². The van der Waals surface area contributed by atoms with Gasteiger partial charge in [0.2, 0.25) is 0 Å². The van der Waals surface area contributed by atoms with Gasteiger partial charge in [0.15, 0.2) is 9.84 Å². The number of carbonyl (C=O) groups excluding carboxylic acids is 1. The lowest BCUT2D eigenvalue weighted by Gasteiger charge is -2.40. The van der Waals surface area contributed by atoms with Crippen molar-refractivity contribution in [3.05, 3.63) is 89.4 Å². The third-order valence-electron chi connectivity index (χ3n) is 6.43. The van der Waals surface area contributed by atoms with E-state index in [1.54, 1.807) is 66.7 Å². The first-order valence-electron chi connectivity index (χ1n) is 11.3. The molecule has 35 heavy (non-hydrogen) atoms. The molecule has 1 atom stereocenters. The number of halogens is 1. The second kappa shape index (κ2) is 10.8. The van der Waals surface area contributed by atoms with Gasteiger partial charge in [-0.1, -0.05) is 41.9 Å². The van der Waals surface area contributed by atoms with Crippen molar-refractivity contribution >= 4 is 27.4 Å². The Labute approximate surface area is 210 Å². The number of hydrogen-bond acceptors (Lipinski definition) is 6. The highest BCUT2D eigenvalue weighted by Gasteiger charge is 2.53. The summed E-state index contributed by atoms with van der Waals surface area (Å²) < 4.78 is 44.3. The highest BCUT2D eigenvalue weighted by molar-refractivity contribution is 7.92. The molecule has 3 aromatic rings. The van der Waals surface area contributed by atoms with Gasteiger partial charge in [0, 0.05) is 18.2 Å². The Kier molecular flexibility index (Phi) is 7.79. The Morgan fingerprint density at radius 3 is 2.09 bits per heavy atom. The molecule has 1 fully saturated rings. The minimum Gasteiger partial charge on any atom is -0.469 e. The van der Waals surface area contributed by atoms with Crippen LogP contribution in [0.4, 0.5) is 0 Å². The quantitative estimate of drug-likeness (QED) is 0.370. The average molecular weight is 515 g/mol. The standard InChI is InChI=1S/C27H27ClO6S/c1-32-26(29)27(15-17-33-18-16-27)25(35(30,31)24-5-3-2-4-6-24)19-20-7-11-22(12-8-20)34-23-13-9-21(28)10-14-23/h2-14,25H,15-19H2,1H3. The number of ether oxygens (including phenoxy) is 3. The first kappa shape index (κ1) is 25.2. The normalized spacial score (nSPS) is 16.3. The van der Waals surface area contributed by atoms with Crippen molar-refractivity contribution in [1.29, 1.82) is 0 Å². The molecule has 1 aliphatic rings. The van der Waals surface area contributed by atoms with E-state index in [1.165, 1.54) is 7.11 Å². The second-order valence-electron chi connectivity index (χ2n) is 8.51. The van der Waals surface area contributed by atoms with Crippen LogP contribution in [0.3, 0.4) is 0 Å². The van der Waals surface area contributed by atoms with E-state index in [-0.39, 0.29) is 24.2 Å². The van der Waals surface area contributed by atoms with Gasteiger partial charge in [0.1, 0.15) is 11.5 Å². The molecule has 184 valence electrons. The van der Waals surface area contributed by atoms with Crippen LogP contribution < -0.4 is 4.74 Å². The lowest BCUT2D eigenvalue weighted by atomic mass is 9.75. The maximum absolute atomic E-state index is 13.9. The minimum absolute atomic E-state index is 0.146. The molecular formula is C27H27ClO6S. The smallest absolute Gasteiger partial charge is 0.313 e. The van der Waals surface area contributed by atoms with Gasteiger partial charge in [-0.15, -0.1) is 0 Å². The van der Waals surface area contributed by atoms with E-state index in [0.29, 0.717) is 29.7 Å². The number of carbonyl (C=O) groups is 1. The van der Waals surface area contributed by atoms with Gasteiger partial charge in [-0.25, -0.2) is 8.42 Å². The minimum atomic E-state index is -3.88. The summed E-state index contributed by atoms with van der Waals surface area (Å²) in [6.45, 7) is 0.591. The molecule has 3 aromatic carbocycles. The zero-order chi connectivity index (χ0) is 24.9. The predicted octanol–water partition coefficient (Wildman–Crippen LogP) is 5.49. The molecule has 1 saturated heterocycles. The SMILES string of the molecule is COC(=O)C1(C(Cc2ccc(Oc3ccc(Cl)cc3)cc2)S(=O)(=O)c2ccccc2)CCOCC1. The fourth-order valence-corrected chi connectivity index (χ4v) is 6.85. The molecule has 1 unspecified atom stereocenters. The third kappa shape index (κ3) is 5.53. The summed E-state index contributed by atoms with van der Waals surface area (Å²) in [6.07, 6.45) is 0.690. The molecule has 0 aliphatic carbocycles. The molecule has 6 nitrogen and oxygen atoms in total. The highest BCUT2D eigenvalue weighted by Crippen LogP contribution is 2.43. The molecule has 0 bridgehead atoms. The Balaban J connectivity index is 1.67. The topological polar surface area (TPSA) is 78.9 Å². The molecule has 0 radical (unpaired) electrons. The molecule has 0 amide bonds. The third-order valence-corrected chi connectivity index (χ3v) is 8.98. The summed E-state index contributed by atoms with van der Waals surface area (Å²) in [6, 6.07) is 22.5. The van der Waals surface area contributed by atoms with Crippen molar-refractivity contribution in [2.24, 2.45) is 5.41 Å². The predicted molar refractivity (Wildman–Crippen MR) is 134 cm³/mol. The molecule has 1 aliphatic heterocycles. The average Bonchev–Trinajstić information content (AvgIpc) is 2.90. The van der Waals surface area contributed by atoms with Crippen molar-refractivity contribution < 1.29 is 27.4 Å². The van der Waals surface area contributed by atoms with E-state index in [4.69, 9.17) is 25.8 Å². The highest BCUT2D eigenvalue weighted by atomic mass is 35.5. The van der Waals surface area contributed by atoms with E-state index in [9.17, 15) is 13.2 Å². The van der Waals surface area contributed by atoms with E-state index >= 15 is 0 Å². The number of benzene rings is 3. The number of rotatable bonds is 8. The van der Waals surface area contributed by atoms with Crippen LogP contribution in [0.15, 0.2) is 83.8 Å². The maximum atomic E-state index is 13.9.